The monoisotopic (exact) mass is 350 g/mol. The number of aryl methyl sites for hydroxylation is 1. The van der Waals surface area contributed by atoms with Gasteiger partial charge in [-0.05, 0) is 25.1 Å². The van der Waals surface area contributed by atoms with E-state index < -0.39 is 0 Å². The number of benzene rings is 1. The smallest absolute Gasteiger partial charge is 0.293 e. The molecule has 0 spiro atoms. The molecule has 0 aliphatic carbocycles. The maximum absolute atomic E-state index is 12.7. The van der Waals surface area contributed by atoms with Gasteiger partial charge in [0.15, 0.2) is 0 Å². The summed E-state index contributed by atoms with van der Waals surface area (Å²) in [7, 11) is 0. The number of nitrogens with zero attached hydrogens (tertiary/aromatic N) is 6. The van der Waals surface area contributed by atoms with Gasteiger partial charge in [0.1, 0.15) is 0 Å². The molecule has 0 N–H and O–H groups in total. The largest absolute Gasteiger partial charge is 0.335 e. The Labute approximate surface area is 150 Å². The van der Waals surface area contributed by atoms with Crippen molar-refractivity contribution in [3.05, 3.63) is 59.7 Å². The third-order valence-corrected chi connectivity index (χ3v) is 4.50. The van der Waals surface area contributed by atoms with Crippen molar-refractivity contribution in [1.29, 1.82) is 0 Å². The number of hydrogen-bond donors (Lipinski definition) is 0. The number of carbonyl (C=O) groups is 2. The first kappa shape index (κ1) is 16.2. The van der Waals surface area contributed by atoms with Crippen molar-refractivity contribution >= 4 is 17.6 Å². The molecule has 0 bridgehead atoms. The number of rotatable bonds is 2. The average Bonchev–Trinajstić information content (AvgIpc) is 3.13. The van der Waals surface area contributed by atoms with Crippen LogP contribution >= 0.6 is 0 Å². The number of amides is 2. The molecule has 3 heterocycles. The molecule has 0 atom stereocenters. The van der Waals surface area contributed by atoms with Gasteiger partial charge in [0.2, 0.25) is 5.82 Å². The second kappa shape index (κ2) is 6.55. The third kappa shape index (κ3) is 2.90. The van der Waals surface area contributed by atoms with Crippen molar-refractivity contribution in [3.8, 4) is 0 Å². The Morgan fingerprint density at radius 3 is 2.23 bits per heavy atom. The van der Waals surface area contributed by atoms with Crippen molar-refractivity contribution in [1.82, 2.24) is 29.4 Å². The van der Waals surface area contributed by atoms with Crippen LogP contribution in [-0.2, 0) is 0 Å². The highest BCUT2D eigenvalue weighted by atomic mass is 16.2. The van der Waals surface area contributed by atoms with Crippen LogP contribution in [0, 0.1) is 6.92 Å². The summed E-state index contributed by atoms with van der Waals surface area (Å²) in [6.07, 6.45) is 1.64. The van der Waals surface area contributed by atoms with Gasteiger partial charge in [0.25, 0.3) is 17.6 Å². The average molecular weight is 350 g/mol. The summed E-state index contributed by atoms with van der Waals surface area (Å²) < 4.78 is 1.56. The van der Waals surface area contributed by atoms with Crippen LogP contribution < -0.4 is 0 Å². The quantitative estimate of drug-likeness (QED) is 0.689. The van der Waals surface area contributed by atoms with Crippen LogP contribution in [0.25, 0.3) is 5.78 Å². The van der Waals surface area contributed by atoms with Crippen LogP contribution in [0.5, 0.6) is 0 Å². The van der Waals surface area contributed by atoms with Gasteiger partial charge in [-0.25, -0.2) is 9.50 Å². The number of carbonyl (C=O) groups excluding carboxylic acids is 2. The number of aromatic nitrogens is 4. The molecule has 1 aromatic carbocycles. The van der Waals surface area contributed by atoms with Gasteiger partial charge in [-0.15, -0.1) is 5.10 Å². The summed E-state index contributed by atoms with van der Waals surface area (Å²) in [5.41, 5.74) is 1.52. The number of piperazine rings is 1. The second-order valence-electron chi connectivity index (χ2n) is 6.18. The van der Waals surface area contributed by atoms with E-state index in [1.165, 1.54) is 0 Å². The lowest BCUT2D eigenvalue weighted by Gasteiger charge is -2.34. The Balaban J connectivity index is 1.44. The molecule has 2 aromatic heterocycles. The summed E-state index contributed by atoms with van der Waals surface area (Å²) in [5, 5.41) is 4.26. The molecule has 0 saturated carbocycles. The standard InChI is InChI=1S/C18H18N6O2/c1-13-7-8-19-18-20-15(21-24(13)18)17(26)23-11-9-22(10-12-23)16(25)14-5-3-2-4-6-14/h2-8H,9-12H2,1H3. The van der Waals surface area contributed by atoms with Gasteiger partial charge in [-0.3, -0.25) is 9.59 Å². The zero-order chi connectivity index (χ0) is 18.1. The van der Waals surface area contributed by atoms with E-state index in [1.54, 1.807) is 32.6 Å². The summed E-state index contributed by atoms with van der Waals surface area (Å²) in [4.78, 5) is 37.0. The molecule has 26 heavy (non-hydrogen) atoms. The molecular weight excluding hydrogens is 332 g/mol. The van der Waals surface area contributed by atoms with E-state index in [4.69, 9.17) is 0 Å². The Morgan fingerprint density at radius 2 is 1.58 bits per heavy atom. The molecule has 8 heteroatoms. The third-order valence-electron chi connectivity index (χ3n) is 4.50. The van der Waals surface area contributed by atoms with Crippen molar-refractivity contribution in [3.63, 3.8) is 0 Å². The van der Waals surface area contributed by atoms with Crippen LogP contribution in [0.2, 0.25) is 0 Å². The minimum atomic E-state index is -0.235. The lowest BCUT2D eigenvalue weighted by atomic mass is 10.2. The summed E-state index contributed by atoms with van der Waals surface area (Å²) in [5.74, 6) is 0.297. The molecule has 0 unspecified atom stereocenters. The van der Waals surface area contributed by atoms with E-state index in [1.807, 2.05) is 31.2 Å². The van der Waals surface area contributed by atoms with E-state index in [-0.39, 0.29) is 17.6 Å². The maximum atomic E-state index is 12.7. The predicted octanol–water partition coefficient (Wildman–Crippen LogP) is 1.03. The van der Waals surface area contributed by atoms with Crippen LogP contribution in [0.15, 0.2) is 42.6 Å². The Morgan fingerprint density at radius 1 is 0.923 bits per heavy atom. The summed E-state index contributed by atoms with van der Waals surface area (Å²) in [6, 6.07) is 11.0. The van der Waals surface area contributed by atoms with E-state index in [0.29, 0.717) is 37.5 Å². The normalized spacial score (nSPS) is 14.7. The fraction of sp³-hybridized carbons (Fsp3) is 0.278. The highest BCUT2D eigenvalue weighted by Gasteiger charge is 2.27. The van der Waals surface area contributed by atoms with Gasteiger partial charge in [0, 0.05) is 43.6 Å². The van der Waals surface area contributed by atoms with Gasteiger partial charge in [-0.1, -0.05) is 18.2 Å². The fourth-order valence-electron chi connectivity index (χ4n) is 3.01. The highest BCUT2D eigenvalue weighted by Crippen LogP contribution is 2.11. The zero-order valence-corrected chi connectivity index (χ0v) is 14.4. The van der Waals surface area contributed by atoms with Gasteiger partial charge >= 0.3 is 0 Å². The first-order valence-corrected chi connectivity index (χ1v) is 8.45. The minimum absolute atomic E-state index is 0.0108. The Kier molecular flexibility index (Phi) is 4.08. The predicted molar refractivity (Wildman–Crippen MR) is 93.8 cm³/mol. The molecule has 3 aromatic rings. The minimum Gasteiger partial charge on any atom is -0.335 e. The molecule has 1 fully saturated rings. The zero-order valence-electron chi connectivity index (χ0n) is 14.4. The number of hydrogen-bond acceptors (Lipinski definition) is 5. The van der Waals surface area contributed by atoms with Crippen molar-refractivity contribution in [2.24, 2.45) is 0 Å². The van der Waals surface area contributed by atoms with Gasteiger partial charge < -0.3 is 9.80 Å². The molecule has 2 amide bonds. The molecular formula is C18H18N6O2. The summed E-state index contributed by atoms with van der Waals surface area (Å²) >= 11 is 0. The molecule has 8 nitrogen and oxygen atoms in total. The SMILES string of the molecule is Cc1ccnc2nc(C(=O)N3CCN(C(=O)c4ccccc4)CC3)nn12. The first-order valence-electron chi connectivity index (χ1n) is 8.45. The first-order chi connectivity index (χ1) is 12.6. The van der Waals surface area contributed by atoms with E-state index in [2.05, 4.69) is 15.1 Å². The van der Waals surface area contributed by atoms with Crippen molar-refractivity contribution < 1.29 is 9.59 Å². The summed E-state index contributed by atoms with van der Waals surface area (Å²) in [6.45, 7) is 3.78. The molecule has 1 aliphatic rings. The second-order valence-corrected chi connectivity index (χ2v) is 6.18. The van der Waals surface area contributed by atoms with Crippen molar-refractivity contribution in [2.75, 3.05) is 26.2 Å². The Hall–Kier alpha value is -3.29. The maximum Gasteiger partial charge on any atom is 0.293 e. The molecule has 4 rings (SSSR count). The van der Waals surface area contributed by atoms with E-state index >= 15 is 0 Å². The lowest BCUT2D eigenvalue weighted by Crippen LogP contribution is -2.50. The topological polar surface area (TPSA) is 83.7 Å². The molecule has 1 saturated heterocycles. The Bertz CT molecular complexity index is 960. The number of fused-ring (bicyclic) bond motifs is 1. The molecule has 132 valence electrons. The van der Waals surface area contributed by atoms with E-state index in [9.17, 15) is 9.59 Å². The van der Waals surface area contributed by atoms with Gasteiger partial charge in [0.05, 0.1) is 0 Å². The molecule has 1 aliphatic heterocycles. The van der Waals surface area contributed by atoms with Crippen LogP contribution in [-0.4, -0.2) is 67.4 Å². The lowest BCUT2D eigenvalue weighted by molar-refractivity contribution is 0.0529. The van der Waals surface area contributed by atoms with Crippen LogP contribution in [0.4, 0.5) is 0 Å². The van der Waals surface area contributed by atoms with Gasteiger partial charge in [-0.2, -0.15) is 4.98 Å². The van der Waals surface area contributed by atoms with Crippen LogP contribution in [0.1, 0.15) is 26.7 Å². The van der Waals surface area contributed by atoms with Crippen LogP contribution in [0.3, 0.4) is 0 Å². The highest BCUT2D eigenvalue weighted by molar-refractivity contribution is 5.95. The van der Waals surface area contributed by atoms with Crippen molar-refractivity contribution in [2.45, 2.75) is 6.92 Å². The van der Waals surface area contributed by atoms with E-state index in [0.717, 1.165) is 5.69 Å². The fourth-order valence-corrected chi connectivity index (χ4v) is 3.01. The molecule has 0 radical (unpaired) electrons.